The molecule has 0 spiro atoms. The first-order valence-corrected chi connectivity index (χ1v) is 9.20. The van der Waals surface area contributed by atoms with Gasteiger partial charge in [-0.25, -0.2) is 0 Å². The van der Waals surface area contributed by atoms with Crippen molar-refractivity contribution in [3.63, 3.8) is 0 Å². The van der Waals surface area contributed by atoms with Gasteiger partial charge in [0, 0.05) is 31.4 Å². The van der Waals surface area contributed by atoms with E-state index in [4.69, 9.17) is 13.5 Å². The highest BCUT2D eigenvalue weighted by Crippen LogP contribution is 2.17. The van der Waals surface area contributed by atoms with Gasteiger partial charge in [-0.1, -0.05) is 40.1 Å². The Balaban J connectivity index is 1.21. The van der Waals surface area contributed by atoms with Crippen LogP contribution in [-0.2, 0) is 17.6 Å². The first kappa shape index (κ1) is 18.6. The summed E-state index contributed by atoms with van der Waals surface area (Å²) in [7, 11) is 0. The van der Waals surface area contributed by atoms with E-state index in [1.165, 1.54) is 6.26 Å². The Kier molecular flexibility index (Phi) is 5.46. The number of nitrogens with zero attached hydrogens (tertiary/aromatic N) is 4. The highest BCUT2D eigenvalue weighted by atomic mass is 16.5. The zero-order chi connectivity index (χ0) is 20.1. The van der Waals surface area contributed by atoms with Gasteiger partial charge >= 0.3 is 0 Å². The quantitative estimate of drug-likeness (QED) is 0.485. The lowest BCUT2D eigenvalue weighted by Gasteiger charge is -2.01. The number of furan rings is 1. The number of hydrogen-bond donors (Lipinski definition) is 1. The summed E-state index contributed by atoms with van der Waals surface area (Å²) in [5.74, 6) is 2.16. The van der Waals surface area contributed by atoms with Crippen LogP contribution in [0.5, 0.6) is 0 Å². The van der Waals surface area contributed by atoms with E-state index in [-0.39, 0.29) is 12.3 Å². The molecule has 1 amide bonds. The van der Waals surface area contributed by atoms with E-state index in [1.807, 2.05) is 31.2 Å². The van der Waals surface area contributed by atoms with Crippen LogP contribution in [0.15, 0.2) is 56.1 Å². The Morgan fingerprint density at radius 2 is 1.69 bits per heavy atom. The number of aromatic nitrogens is 4. The molecule has 3 aromatic heterocycles. The van der Waals surface area contributed by atoms with E-state index >= 15 is 0 Å². The second kappa shape index (κ2) is 8.51. The van der Waals surface area contributed by atoms with Gasteiger partial charge in [-0.3, -0.25) is 4.79 Å². The van der Waals surface area contributed by atoms with Crippen molar-refractivity contribution in [1.29, 1.82) is 0 Å². The summed E-state index contributed by atoms with van der Waals surface area (Å²) in [6, 6.07) is 11.4. The summed E-state index contributed by atoms with van der Waals surface area (Å²) < 4.78 is 15.6. The zero-order valence-electron chi connectivity index (χ0n) is 15.8. The molecule has 9 heteroatoms. The number of aryl methyl sites for hydroxylation is 2. The average Bonchev–Trinajstić information content (AvgIpc) is 3.48. The van der Waals surface area contributed by atoms with Gasteiger partial charge in [0.1, 0.15) is 0 Å². The number of amides is 1. The molecular formula is C20H19N5O4. The molecule has 0 aliphatic heterocycles. The molecule has 0 aliphatic carbocycles. The summed E-state index contributed by atoms with van der Waals surface area (Å²) in [4.78, 5) is 20.6. The second-order valence-electron chi connectivity index (χ2n) is 6.47. The van der Waals surface area contributed by atoms with Crippen molar-refractivity contribution in [3.05, 3.63) is 60.0 Å². The van der Waals surface area contributed by atoms with Crippen molar-refractivity contribution in [1.82, 2.24) is 25.6 Å². The Morgan fingerprint density at radius 3 is 2.45 bits per heavy atom. The molecular weight excluding hydrogens is 374 g/mol. The molecule has 0 radical (unpaired) electrons. The molecule has 0 atom stereocenters. The Labute approximate surface area is 166 Å². The number of benzene rings is 1. The van der Waals surface area contributed by atoms with Crippen molar-refractivity contribution in [3.8, 4) is 23.0 Å². The first-order chi connectivity index (χ1) is 14.2. The summed E-state index contributed by atoms with van der Waals surface area (Å²) in [6.07, 6.45) is 2.57. The van der Waals surface area contributed by atoms with Gasteiger partial charge in [-0.2, -0.15) is 9.97 Å². The number of carbonyl (C=O) groups excluding carboxylic acids is 1. The molecule has 4 aromatic rings. The van der Waals surface area contributed by atoms with E-state index in [2.05, 4.69) is 25.6 Å². The van der Waals surface area contributed by atoms with Crippen molar-refractivity contribution in [2.24, 2.45) is 0 Å². The molecule has 1 aromatic carbocycles. The molecule has 1 N–H and O–H groups in total. The predicted octanol–water partition coefficient (Wildman–Crippen LogP) is 2.98. The monoisotopic (exact) mass is 393 g/mol. The van der Waals surface area contributed by atoms with Gasteiger partial charge in [0.25, 0.3) is 0 Å². The van der Waals surface area contributed by atoms with Crippen LogP contribution in [0.1, 0.15) is 23.8 Å². The molecule has 0 saturated heterocycles. The SMILES string of the molecule is Cc1ccc(-c2noc(CCNC(=O)CCc3nc(-c4ccco4)no3)n2)cc1. The molecule has 0 unspecified atom stereocenters. The van der Waals surface area contributed by atoms with Crippen LogP contribution in [0.4, 0.5) is 0 Å². The molecule has 29 heavy (non-hydrogen) atoms. The zero-order valence-corrected chi connectivity index (χ0v) is 15.8. The van der Waals surface area contributed by atoms with Gasteiger partial charge in [0.05, 0.1) is 6.26 Å². The predicted molar refractivity (Wildman–Crippen MR) is 102 cm³/mol. The van der Waals surface area contributed by atoms with E-state index in [9.17, 15) is 4.79 Å². The normalized spacial score (nSPS) is 10.9. The molecule has 0 bridgehead atoms. The van der Waals surface area contributed by atoms with Crippen molar-refractivity contribution < 1.29 is 18.3 Å². The highest BCUT2D eigenvalue weighted by molar-refractivity contribution is 5.76. The third kappa shape index (κ3) is 4.75. The minimum absolute atomic E-state index is 0.124. The maximum absolute atomic E-state index is 12.0. The first-order valence-electron chi connectivity index (χ1n) is 9.20. The van der Waals surface area contributed by atoms with E-state index < -0.39 is 0 Å². The maximum atomic E-state index is 12.0. The summed E-state index contributed by atoms with van der Waals surface area (Å²) >= 11 is 0. The highest BCUT2D eigenvalue weighted by Gasteiger charge is 2.13. The van der Waals surface area contributed by atoms with Crippen molar-refractivity contribution in [2.45, 2.75) is 26.2 Å². The van der Waals surface area contributed by atoms with Crippen LogP contribution in [0.3, 0.4) is 0 Å². The Hall–Kier alpha value is -3.75. The topological polar surface area (TPSA) is 120 Å². The number of rotatable bonds is 8. The fraction of sp³-hybridized carbons (Fsp3) is 0.250. The number of hydrogen-bond acceptors (Lipinski definition) is 8. The number of carbonyl (C=O) groups is 1. The van der Waals surface area contributed by atoms with Crippen molar-refractivity contribution in [2.75, 3.05) is 6.54 Å². The minimum Gasteiger partial charge on any atom is -0.461 e. The van der Waals surface area contributed by atoms with Crippen LogP contribution in [0.25, 0.3) is 23.0 Å². The molecule has 0 fully saturated rings. The van der Waals surface area contributed by atoms with Crippen LogP contribution in [0, 0.1) is 6.92 Å². The number of nitrogens with one attached hydrogen (secondary N) is 1. The summed E-state index contributed by atoms with van der Waals surface area (Å²) in [5.41, 5.74) is 2.06. The van der Waals surface area contributed by atoms with Crippen LogP contribution in [0.2, 0.25) is 0 Å². The third-order valence-corrected chi connectivity index (χ3v) is 4.21. The molecule has 3 heterocycles. The minimum atomic E-state index is -0.124. The molecule has 0 saturated carbocycles. The summed E-state index contributed by atoms with van der Waals surface area (Å²) in [6.45, 7) is 2.42. The molecule has 0 aliphatic rings. The van der Waals surface area contributed by atoms with Crippen LogP contribution >= 0.6 is 0 Å². The maximum Gasteiger partial charge on any atom is 0.238 e. The van der Waals surface area contributed by atoms with E-state index in [1.54, 1.807) is 12.1 Å². The Bertz CT molecular complexity index is 1070. The van der Waals surface area contributed by atoms with Crippen molar-refractivity contribution >= 4 is 5.91 Å². The van der Waals surface area contributed by atoms with Gasteiger partial charge in [-0.05, 0) is 19.1 Å². The van der Waals surface area contributed by atoms with Gasteiger partial charge in [-0.15, -0.1) is 0 Å². The standard InChI is InChI=1S/C20H19N5O4/c1-13-4-6-14(7-5-13)19-22-18(29-24-19)10-11-21-16(26)8-9-17-23-20(25-28-17)15-3-2-12-27-15/h2-7,12H,8-11H2,1H3,(H,21,26). The van der Waals surface area contributed by atoms with Gasteiger partial charge < -0.3 is 18.8 Å². The van der Waals surface area contributed by atoms with Crippen LogP contribution < -0.4 is 5.32 Å². The molecule has 9 nitrogen and oxygen atoms in total. The van der Waals surface area contributed by atoms with E-state index in [0.717, 1.165) is 11.1 Å². The van der Waals surface area contributed by atoms with E-state index in [0.29, 0.717) is 48.6 Å². The van der Waals surface area contributed by atoms with Gasteiger partial charge in [0.15, 0.2) is 5.76 Å². The lowest BCUT2D eigenvalue weighted by molar-refractivity contribution is -0.121. The summed E-state index contributed by atoms with van der Waals surface area (Å²) in [5, 5.41) is 10.6. The lowest BCUT2D eigenvalue weighted by Crippen LogP contribution is -2.26. The molecule has 148 valence electrons. The Morgan fingerprint density at radius 1 is 0.966 bits per heavy atom. The largest absolute Gasteiger partial charge is 0.461 e. The average molecular weight is 393 g/mol. The fourth-order valence-corrected chi connectivity index (χ4v) is 2.66. The molecule has 4 rings (SSSR count). The lowest BCUT2D eigenvalue weighted by atomic mass is 10.1. The third-order valence-electron chi connectivity index (χ3n) is 4.21. The smallest absolute Gasteiger partial charge is 0.238 e. The second-order valence-corrected chi connectivity index (χ2v) is 6.47. The van der Waals surface area contributed by atoms with Gasteiger partial charge in [0.2, 0.25) is 29.3 Å². The fourth-order valence-electron chi connectivity index (χ4n) is 2.66. The van der Waals surface area contributed by atoms with Crippen LogP contribution in [-0.4, -0.2) is 32.7 Å².